The van der Waals surface area contributed by atoms with Crippen LogP contribution in [0.2, 0.25) is 0 Å². The molecule has 1 atom stereocenters. The van der Waals surface area contributed by atoms with Crippen LogP contribution in [0.25, 0.3) is 0 Å². The largest absolute Gasteiger partial charge is 0.384 e. The molecule has 2 rings (SSSR count). The summed E-state index contributed by atoms with van der Waals surface area (Å²) in [5.41, 5.74) is 7.03. The molecule has 0 aliphatic carbocycles. The van der Waals surface area contributed by atoms with E-state index in [9.17, 15) is 4.39 Å². The van der Waals surface area contributed by atoms with E-state index in [1.54, 1.807) is 13.2 Å². The van der Waals surface area contributed by atoms with Gasteiger partial charge < -0.3 is 15.4 Å². The summed E-state index contributed by atoms with van der Waals surface area (Å²) in [6.45, 7) is 3.75. The van der Waals surface area contributed by atoms with Crippen LogP contribution in [0.1, 0.15) is 24.4 Å². The summed E-state index contributed by atoms with van der Waals surface area (Å²) in [5.74, 6) is 0.457. The normalized spacial score (nSPS) is 19.5. The maximum atomic E-state index is 13.2. The number of likely N-dealkylation sites (tertiary alicyclic amines) is 1. The summed E-state index contributed by atoms with van der Waals surface area (Å²) in [6, 6.07) is 6.48. The Kier molecular flexibility index (Phi) is 5.31. The minimum atomic E-state index is -0.216. The number of nitrogens with zero attached hydrogens (tertiary/aromatic N) is 1. The van der Waals surface area contributed by atoms with Crippen molar-refractivity contribution in [1.29, 1.82) is 0 Å². The van der Waals surface area contributed by atoms with Gasteiger partial charge in [-0.3, -0.25) is 0 Å². The SMILES string of the molecule is COCC1CCN(CC(N)c2cccc(F)c2)CC1. The van der Waals surface area contributed by atoms with E-state index in [1.165, 1.54) is 12.1 Å². The van der Waals surface area contributed by atoms with Crippen molar-refractivity contribution in [2.45, 2.75) is 18.9 Å². The first-order valence-electron chi connectivity index (χ1n) is 6.91. The second-order valence-electron chi connectivity index (χ2n) is 5.36. The lowest BCUT2D eigenvalue weighted by Gasteiger charge is -2.33. The van der Waals surface area contributed by atoms with Gasteiger partial charge in [0.15, 0.2) is 0 Å². The van der Waals surface area contributed by atoms with E-state index in [-0.39, 0.29) is 11.9 Å². The highest BCUT2D eigenvalue weighted by atomic mass is 19.1. The summed E-state index contributed by atoms with van der Waals surface area (Å²) in [4.78, 5) is 2.36. The Balaban J connectivity index is 1.82. The molecule has 0 spiro atoms. The molecule has 1 fully saturated rings. The fourth-order valence-electron chi connectivity index (χ4n) is 2.69. The van der Waals surface area contributed by atoms with E-state index in [0.717, 1.165) is 44.6 Å². The second kappa shape index (κ2) is 6.98. The van der Waals surface area contributed by atoms with Crippen LogP contribution in [-0.2, 0) is 4.74 Å². The third-order valence-electron chi connectivity index (χ3n) is 3.84. The van der Waals surface area contributed by atoms with Gasteiger partial charge in [-0.15, -0.1) is 0 Å². The lowest BCUT2D eigenvalue weighted by molar-refractivity contribution is 0.0971. The molecule has 0 saturated carbocycles. The molecule has 0 radical (unpaired) electrons. The lowest BCUT2D eigenvalue weighted by atomic mass is 9.97. The smallest absolute Gasteiger partial charge is 0.123 e. The monoisotopic (exact) mass is 266 g/mol. The summed E-state index contributed by atoms with van der Waals surface area (Å²) < 4.78 is 18.4. The van der Waals surface area contributed by atoms with Crippen molar-refractivity contribution >= 4 is 0 Å². The number of nitrogens with two attached hydrogens (primary N) is 1. The predicted octanol–water partition coefficient (Wildman–Crippen LogP) is 2.18. The molecule has 2 N–H and O–H groups in total. The molecular formula is C15H23FN2O. The van der Waals surface area contributed by atoms with Gasteiger partial charge in [0.05, 0.1) is 0 Å². The van der Waals surface area contributed by atoms with Gasteiger partial charge >= 0.3 is 0 Å². The van der Waals surface area contributed by atoms with Crippen molar-refractivity contribution in [3.63, 3.8) is 0 Å². The Morgan fingerprint density at radius 1 is 1.42 bits per heavy atom. The Labute approximate surface area is 114 Å². The molecular weight excluding hydrogens is 243 g/mol. The van der Waals surface area contributed by atoms with Crippen LogP contribution < -0.4 is 5.73 Å². The summed E-state index contributed by atoms with van der Waals surface area (Å²) in [5, 5.41) is 0. The summed E-state index contributed by atoms with van der Waals surface area (Å²) >= 11 is 0. The topological polar surface area (TPSA) is 38.5 Å². The van der Waals surface area contributed by atoms with E-state index in [2.05, 4.69) is 4.90 Å². The molecule has 1 heterocycles. The predicted molar refractivity (Wildman–Crippen MR) is 74.4 cm³/mol. The number of methoxy groups -OCH3 is 1. The molecule has 3 nitrogen and oxygen atoms in total. The maximum Gasteiger partial charge on any atom is 0.123 e. The molecule has 106 valence electrons. The zero-order valence-electron chi connectivity index (χ0n) is 11.5. The Bertz CT molecular complexity index is 391. The van der Waals surface area contributed by atoms with Crippen molar-refractivity contribution < 1.29 is 9.13 Å². The number of benzene rings is 1. The zero-order chi connectivity index (χ0) is 13.7. The van der Waals surface area contributed by atoms with E-state index in [4.69, 9.17) is 10.5 Å². The minimum Gasteiger partial charge on any atom is -0.384 e. The first-order chi connectivity index (χ1) is 9.19. The van der Waals surface area contributed by atoms with Crippen LogP contribution in [-0.4, -0.2) is 38.3 Å². The fourth-order valence-corrected chi connectivity index (χ4v) is 2.69. The van der Waals surface area contributed by atoms with Gasteiger partial charge in [-0.25, -0.2) is 4.39 Å². The molecule has 1 aliphatic heterocycles. The zero-order valence-corrected chi connectivity index (χ0v) is 11.5. The van der Waals surface area contributed by atoms with Gasteiger partial charge in [-0.05, 0) is 49.5 Å². The van der Waals surface area contributed by atoms with Crippen molar-refractivity contribution in [2.24, 2.45) is 11.7 Å². The minimum absolute atomic E-state index is 0.116. The summed E-state index contributed by atoms with van der Waals surface area (Å²) in [7, 11) is 1.76. The molecule has 0 bridgehead atoms. The van der Waals surface area contributed by atoms with Gasteiger partial charge in [0.1, 0.15) is 5.82 Å². The van der Waals surface area contributed by atoms with Crippen LogP contribution in [0, 0.1) is 11.7 Å². The van der Waals surface area contributed by atoms with Crippen LogP contribution in [0.3, 0.4) is 0 Å². The van der Waals surface area contributed by atoms with Gasteiger partial charge in [0.25, 0.3) is 0 Å². The average molecular weight is 266 g/mol. The van der Waals surface area contributed by atoms with Crippen molar-refractivity contribution in [2.75, 3.05) is 33.4 Å². The lowest BCUT2D eigenvalue weighted by Crippen LogP contribution is -2.39. The Morgan fingerprint density at radius 3 is 2.79 bits per heavy atom. The molecule has 1 aliphatic rings. The van der Waals surface area contributed by atoms with Crippen LogP contribution in [0.15, 0.2) is 24.3 Å². The van der Waals surface area contributed by atoms with Gasteiger partial charge in [0.2, 0.25) is 0 Å². The van der Waals surface area contributed by atoms with Gasteiger partial charge in [-0.2, -0.15) is 0 Å². The van der Waals surface area contributed by atoms with Crippen LogP contribution >= 0.6 is 0 Å². The van der Waals surface area contributed by atoms with E-state index in [1.807, 2.05) is 6.07 Å². The quantitative estimate of drug-likeness (QED) is 0.888. The van der Waals surface area contributed by atoms with E-state index < -0.39 is 0 Å². The highest BCUT2D eigenvalue weighted by Crippen LogP contribution is 2.20. The Morgan fingerprint density at radius 2 is 2.16 bits per heavy atom. The first kappa shape index (κ1) is 14.4. The van der Waals surface area contributed by atoms with E-state index in [0.29, 0.717) is 5.92 Å². The number of ether oxygens (including phenoxy) is 1. The number of hydrogen-bond donors (Lipinski definition) is 1. The third kappa shape index (κ3) is 4.27. The van der Waals surface area contributed by atoms with Crippen LogP contribution in [0.4, 0.5) is 4.39 Å². The van der Waals surface area contributed by atoms with E-state index >= 15 is 0 Å². The van der Waals surface area contributed by atoms with Crippen LogP contribution in [0.5, 0.6) is 0 Å². The molecule has 0 aromatic heterocycles. The maximum absolute atomic E-state index is 13.2. The molecule has 1 saturated heterocycles. The Hall–Kier alpha value is -0.970. The fraction of sp³-hybridized carbons (Fsp3) is 0.600. The molecule has 1 unspecified atom stereocenters. The highest BCUT2D eigenvalue weighted by molar-refractivity contribution is 5.20. The standard InChI is InChI=1S/C15H23FN2O/c1-19-11-12-5-7-18(8-6-12)10-15(17)13-3-2-4-14(16)9-13/h2-4,9,12,15H,5-8,10-11,17H2,1H3. The molecule has 1 aromatic carbocycles. The molecule has 4 heteroatoms. The number of hydrogen-bond acceptors (Lipinski definition) is 3. The third-order valence-corrected chi connectivity index (χ3v) is 3.84. The average Bonchev–Trinajstić information content (AvgIpc) is 2.41. The number of rotatable bonds is 5. The van der Waals surface area contributed by atoms with Gasteiger partial charge in [0, 0.05) is 26.3 Å². The van der Waals surface area contributed by atoms with Crippen molar-refractivity contribution in [3.05, 3.63) is 35.6 Å². The van der Waals surface area contributed by atoms with Crippen molar-refractivity contribution in [1.82, 2.24) is 4.90 Å². The molecule has 1 aromatic rings. The number of piperidine rings is 1. The summed E-state index contributed by atoms with van der Waals surface area (Å²) in [6.07, 6.45) is 2.31. The number of halogens is 1. The molecule has 0 amide bonds. The highest BCUT2D eigenvalue weighted by Gasteiger charge is 2.20. The van der Waals surface area contributed by atoms with Crippen molar-refractivity contribution in [3.8, 4) is 0 Å². The molecule has 19 heavy (non-hydrogen) atoms. The first-order valence-corrected chi connectivity index (χ1v) is 6.91. The van der Waals surface area contributed by atoms with Gasteiger partial charge in [-0.1, -0.05) is 12.1 Å². The second-order valence-corrected chi connectivity index (χ2v) is 5.36.